The van der Waals surface area contributed by atoms with Gasteiger partial charge in [0.25, 0.3) is 0 Å². The quantitative estimate of drug-likeness (QED) is 0.886. The van der Waals surface area contributed by atoms with E-state index in [0.717, 1.165) is 39.3 Å². The third-order valence-electron chi connectivity index (χ3n) is 3.82. The standard InChI is InChI=1S/C15H24N2O/c1-12-3-4-14(11-13(12)2)15(16)5-6-17-7-9-18-10-8-17/h3-4,11,15H,5-10,16H2,1-2H3. The number of nitrogens with zero attached hydrogens (tertiary/aromatic N) is 1. The van der Waals surface area contributed by atoms with Crippen molar-refractivity contribution in [3.8, 4) is 0 Å². The maximum atomic E-state index is 6.27. The first-order chi connectivity index (χ1) is 8.66. The van der Waals surface area contributed by atoms with Crippen LogP contribution in [0.25, 0.3) is 0 Å². The first kappa shape index (κ1) is 13.5. The summed E-state index contributed by atoms with van der Waals surface area (Å²) >= 11 is 0. The van der Waals surface area contributed by atoms with E-state index in [4.69, 9.17) is 10.5 Å². The van der Waals surface area contributed by atoms with E-state index in [1.54, 1.807) is 0 Å². The first-order valence-electron chi connectivity index (χ1n) is 6.79. The molecule has 1 fully saturated rings. The summed E-state index contributed by atoms with van der Waals surface area (Å²) in [5.41, 5.74) is 10.2. The fraction of sp³-hybridized carbons (Fsp3) is 0.600. The van der Waals surface area contributed by atoms with Crippen LogP contribution >= 0.6 is 0 Å². The molecule has 1 saturated heterocycles. The molecular formula is C15H24N2O. The Balaban J connectivity index is 1.86. The molecule has 1 atom stereocenters. The largest absolute Gasteiger partial charge is 0.379 e. The van der Waals surface area contributed by atoms with Crippen molar-refractivity contribution in [1.82, 2.24) is 4.90 Å². The second kappa shape index (κ2) is 6.32. The second-order valence-corrected chi connectivity index (χ2v) is 5.19. The van der Waals surface area contributed by atoms with Crippen LogP contribution in [0.4, 0.5) is 0 Å². The molecule has 18 heavy (non-hydrogen) atoms. The highest BCUT2D eigenvalue weighted by molar-refractivity contribution is 5.31. The SMILES string of the molecule is Cc1ccc(C(N)CCN2CCOCC2)cc1C. The molecular weight excluding hydrogens is 224 g/mol. The van der Waals surface area contributed by atoms with Crippen molar-refractivity contribution in [1.29, 1.82) is 0 Å². The van der Waals surface area contributed by atoms with Gasteiger partial charge in [0.2, 0.25) is 0 Å². The minimum atomic E-state index is 0.146. The van der Waals surface area contributed by atoms with Gasteiger partial charge < -0.3 is 10.5 Å². The predicted octanol–water partition coefficient (Wildman–Crippen LogP) is 2.03. The average Bonchev–Trinajstić information content (AvgIpc) is 2.40. The summed E-state index contributed by atoms with van der Waals surface area (Å²) in [4.78, 5) is 2.43. The molecule has 1 aromatic carbocycles. The van der Waals surface area contributed by atoms with E-state index in [1.165, 1.54) is 16.7 Å². The molecule has 0 aromatic heterocycles. The minimum Gasteiger partial charge on any atom is -0.379 e. The Morgan fingerprint density at radius 1 is 1.22 bits per heavy atom. The molecule has 100 valence electrons. The Bertz CT molecular complexity index is 386. The highest BCUT2D eigenvalue weighted by Gasteiger charge is 2.13. The maximum Gasteiger partial charge on any atom is 0.0594 e. The van der Waals surface area contributed by atoms with Crippen molar-refractivity contribution in [3.05, 3.63) is 34.9 Å². The van der Waals surface area contributed by atoms with Crippen molar-refractivity contribution in [2.75, 3.05) is 32.8 Å². The third kappa shape index (κ3) is 3.55. The van der Waals surface area contributed by atoms with E-state index in [2.05, 4.69) is 36.9 Å². The van der Waals surface area contributed by atoms with Gasteiger partial charge in [-0.15, -0.1) is 0 Å². The number of nitrogens with two attached hydrogens (primary N) is 1. The molecule has 0 saturated carbocycles. The fourth-order valence-electron chi connectivity index (χ4n) is 2.31. The van der Waals surface area contributed by atoms with Crippen LogP contribution in [0.2, 0.25) is 0 Å². The fourth-order valence-corrected chi connectivity index (χ4v) is 2.31. The van der Waals surface area contributed by atoms with Crippen LogP contribution in [0, 0.1) is 13.8 Å². The van der Waals surface area contributed by atoms with Gasteiger partial charge in [0, 0.05) is 25.7 Å². The van der Waals surface area contributed by atoms with Gasteiger partial charge in [0.05, 0.1) is 13.2 Å². The van der Waals surface area contributed by atoms with Gasteiger partial charge in [-0.05, 0) is 37.0 Å². The zero-order valence-corrected chi connectivity index (χ0v) is 11.5. The second-order valence-electron chi connectivity index (χ2n) is 5.19. The number of hydrogen-bond acceptors (Lipinski definition) is 3. The number of benzene rings is 1. The highest BCUT2D eigenvalue weighted by atomic mass is 16.5. The summed E-state index contributed by atoms with van der Waals surface area (Å²) in [7, 11) is 0. The summed E-state index contributed by atoms with van der Waals surface area (Å²) in [6.45, 7) is 9.15. The van der Waals surface area contributed by atoms with Crippen molar-refractivity contribution < 1.29 is 4.74 Å². The molecule has 0 aliphatic carbocycles. The predicted molar refractivity (Wildman–Crippen MR) is 74.7 cm³/mol. The summed E-state index contributed by atoms with van der Waals surface area (Å²) in [6.07, 6.45) is 1.02. The van der Waals surface area contributed by atoms with E-state index < -0.39 is 0 Å². The van der Waals surface area contributed by atoms with Crippen LogP contribution in [0.3, 0.4) is 0 Å². The Hall–Kier alpha value is -0.900. The maximum absolute atomic E-state index is 6.27. The Kier molecular flexibility index (Phi) is 4.75. The molecule has 0 bridgehead atoms. The van der Waals surface area contributed by atoms with E-state index in [1.807, 2.05) is 0 Å². The molecule has 0 amide bonds. The Labute approximate surface area is 110 Å². The van der Waals surface area contributed by atoms with Crippen molar-refractivity contribution in [2.24, 2.45) is 5.73 Å². The zero-order valence-electron chi connectivity index (χ0n) is 11.5. The van der Waals surface area contributed by atoms with Crippen LogP contribution in [-0.4, -0.2) is 37.7 Å². The highest BCUT2D eigenvalue weighted by Crippen LogP contribution is 2.18. The average molecular weight is 248 g/mol. The molecule has 1 heterocycles. The molecule has 2 rings (SSSR count). The Morgan fingerprint density at radius 3 is 2.61 bits per heavy atom. The van der Waals surface area contributed by atoms with Crippen LogP contribution in [-0.2, 0) is 4.74 Å². The lowest BCUT2D eigenvalue weighted by Gasteiger charge is -2.27. The molecule has 0 radical (unpaired) electrons. The molecule has 0 spiro atoms. The van der Waals surface area contributed by atoms with Crippen LogP contribution in [0.5, 0.6) is 0 Å². The van der Waals surface area contributed by atoms with Gasteiger partial charge in [0.1, 0.15) is 0 Å². The van der Waals surface area contributed by atoms with E-state index in [9.17, 15) is 0 Å². The minimum absolute atomic E-state index is 0.146. The number of aryl methyl sites for hydroxylation is 2. The monoisotopic (exact) mass is 248 g/mol. The normalized spacial score (nSPS) is 18.8. The van der Waals surface area contributed by atoms with Crippen molar-refractivity contribution >= 4 is 0 Å². The molecule has 1 aliphatic rings. The van der Waals surface area contributed by atoms with Crippen LogP contribution < -0.4 is 5.73 Å². The summed E-state index contributed by atoms with van der Waals surface area (Å²) in [6, 6.07) is 6.69. The number of rotatable bonds is 4. The smallest absolute Gasteiger partial charge is 0.0594 e. The van der Waals surface area contributed by atoms with Gasteiger partial charge in [-0.25, -0.2) is 0 Å². The molecule has 2 N–H and O–H groups in total. The summed E-state index contributed by atoms with van der Waals surface area (Å²) in [5.74, 6) is 0. The summed E-state index contributed by atoms with van der Waals surface area (Å²) < 4.78 is 5.35. The topological polar surface area (TPSA) is 38.5 Å². The van der Waals surface area contributed by atoms with Gasteiger partial charge in [-0.2, -0.15) is 0 Å². The molecule has 1 unspecified atom stereocenters. The van der Waals surface area contributed by atoms with Crippen molar-refractivity contribution in [3.63, 3.8) is 0 Å². The lowest BCUT2D eigenvalue weighted by molar-refractivity contribution is 0.0366. The molecule has 1 aliphatic heterocycles. The molecule has 3 nitrogen and oxygen atoms in total. The van der Waals surface area contributed by atoms with Gasteiger partial charge in [0.15, 0.2) is 0 Å². The van der Waals surface area contributed by atoms with Crippen molar-refractivity contribution in [2.45, 2.75) is 26.3 Å². The number of ether oxygens (including phenoxy) is 1. The summed E-state index contributed by atoms with van der Waals surface area (Å²) in [5, 5.41) is 0. The van der Waals surface area contributed by atoms with Gasteiger partial charge in [-0.1, -0.05) is 18.2 Å². The first-order valence-corrected chi connectivity index (χ1v) is 6.79. The van der Waals surface area contributed by atoms with E-state index in [0.29, 0.717) is 0 Å². The van der Waals surface area contributed by atoms with Gasteiger partial charge >= 0.3 is 0 Å². The zero-order chi connectivity index (χ0) is 13.0. The van der Waals surface area contributed by atoms with Crippen LogP contribution in [0.15, 0.2) is 18.2 Å². The number of morpholine rings is 1. The third-order valence-corrected chi connectivity index (χ3v) is 3.82. The lowest BCUT2D eigenvalue weighted by atomic mass is 9.99. The Morgan fingerprint density at radius 2 is 1.94 bits per heavy atom. The van der Waals surface area contributed by atoms with Crippen LogP contribution in [0.1, 0.15) is 29.2 Å². The van der Waals surface area contributed by atoms with E-state index >= 15 is 0 Å². The molecule has 3 heteroatoms. The molecule has 1 aromatic rings. The van der Waals surface area contributed by atoms with E-state index in [-0.39, 0.29) is 6.04 Å². The number of hydrogen-bond donors (Lipinski definition) is 1. The van der Waals surface area contributed by atoms with Gasteiger partial charge in [-0.3, -0.25) is 4.90 Å². The lowest BCUT2D eigenvalue weighted by Crippen LogP contribution is -2.37.